The molecule has 0 spiro atoms. The quantitative estimate of drug-likeness (QED) is 0.201. The molecule has 0 fully saturated rings. The van der Waals surface area contributed by atoms with Crippen molar-refractivity contribution in [1.29, 1.82) is 0 Å². The largest absolute Gasteiger partial charge is 0.443 e. The maximum atomic E-state index is 11.6. The van der Waals surface area contributed by atoms with Crippen LogP contribution in [0, 0.1) is 0 Å². The van der Waals surface area contributed by atoms with Crippen LogP contribution in [0.15, 0.2) is 171 Å². The highest BCUT2D eigenvalue weighted by atomic mass is 32.2. The minimum absolute atomic E-state index is 0.667. The van der Waals surface area contributed by atoms with Gasteiger partial charge in [0.25, 0.3) is 0 Å². The molecule has 7 aromatic carbocycles. The molecule has 212 valence electrons. The Morgan fingerprint density at radius 3 is 2.22 bits per heavy atom. The van der Waals surface area contributed by atoms with Gasteiger partial charge < -0.3 is 9.59 Å². The van der Waals surface area contributed by atoms with Crippen molar-refractivity contribution in [2.45, 2.75) is 19.6 Å². The first kappa shape index (κ1) is 26.7. The minimum Gasteiger partial charge on any atom is -0.443 e. The Morgan fingerprint density at radius 2 is 1.31 bits per heavy atom. The zero-order valence-electron chi connectivity index (χ0n) is 24.2. The van der Waals surface area contributed by atoms with Gasteiger partial charge in [-0.15, -0.1) is 0 Å². The van der Waals surface area contributed by atoms with E-state index in [0.29, 0.717) is 0 Å². The number of nitrogens with zero attached hydrogens (tertiary/aromatic N) is 1. The molecular formula is C40H26BNOS2. The molecule has 0 bridgehead atoms. The molecule has 2 heterocycles. The molecule has 9 rings (SSSR count). The monoisotopic (exact) mass is 611 g/mol. The summed E-state index contributed by atoms with van der Waals surface area (Å²) in [7, 11) is 0. The van der Waals surface area contributed by atoms with Crippen LogP contribution in [0.4, 0.5) is 0 Å². The highest BCUT2D eigenvalue weighted by Gasteiger charge is 2.32. The SMILES string of the molecule is OB1c2ccccc2Sc2cc(-c3ccc4c(c3)c3ccccc3n4-c3ccc4ccccc4c3)cc(Sc3ccccc3)c21. The van der Waals surface area contributed by atoms with Crippen LogP contribution in [0.3, 0.4) is 0 Å². The molecule has 5 heteroatoms. The van der Waals surface area contributed by atoms with Gasteiger partial charge in [-0.05, 0) is 93.5 Å². The number of fused-ring (bicyclic) bond motifs is 6. The number of hydrogen-bond acceptors (Lipinski definition) is 3. The summed E-state index contributed by atoms with van der Waals surface area (Å²) in [5, 5.41) is 16.6. The number of benzene rings is 7. The Hall–Kier alpha value is -4.68. The lowest BCUT2D eigenvalue weighted by Crippen LogP contribution is -2.47. The summed E-state index contributed by atoms with van der Waals surface area (Å²) in [5.41, 5.74) is 7.82. The molecule has 0 atom stereocenters. The molecule has 8 aromatic rings. The van der Waals surface area contributed by atoms with Crippen molar-refractivity contribution in [3.8, 4) is 16.8 Å². The molecule has 0 saturated carbocycles. The van der Waals surface area contributed by atoms with E-state index in [0.717, 1.165) is 47.3 Å². The molecule has 1 N–H and O–H groups in total. The Morgan fingerprint density at radius 1 is 0.556 bits per heavy atom. The summed E-state index contributed by atoms with van der Waals surface area (Å²) in [6, 6.07) is 54.0. The van der Waals surface area contributed by atoms with Crippen molar-refractivity contribution in [1.82, 2.24) is 4.57 Å². The van der Waals surface area contributed by atoms with Gasteiger partial charge in [0, 0.05) is 36.0 Å². The fraction of sp³-hybridized carbons (Fsp3) is 0. The van der Waals surface area contributed by atoms with Crippen molar-refractivity contribution >= 4 is 73.9 Å². The van der Waals surface area contributed by atoms with Gasteiger partial charge in [0.1, 0.15) is 0 Å². The third-order valence-electron chi connectivity index (χ3n) is 8.78. The smallest absolute Gasteiger partial charge is 0.362 e. The van der Waals surface area contributed by atoms with E-state index in [4.69, 9.17) is 0 Å². The van der Waals surface area contributed by atoms with E-state index in [2.05, 4.69) is 132 Å². The lowest BCUT2D eigenvalue weighted by atomic mass is 9.55. The molecule has 1 aliphatic heterocycles. The first-order valence-corrected chi connectivity index (χ1v) is 16.7. The topological polar surface area (TPSA) is 25.2 Å². The predicted octanol–water partition coefficient (Wildman–Crippen LogP) is 9.32. The van der Waals surface area contributed by atoms with Crippen LogP contribution in [0.1, 0.15) is 0 Å². The second kappa shape index (κ2) is 10.7. The van der Waals surface area contributed by atoms with Crippen molar-refractivity contribution < 1.29 is 5.02 Å². The fourth-order valence-corrected chi connectivity index (χ4v) is 8.97. The Balaban J connectivity index is 1.23. The van der Waals surface area contributed by atoms with Crippen LogP contribution in [-0.2, 0) is 0 Å². The van der Waals surface area contributed by atoms with Crippen molar-refractivity contribution in [2.24, 2.45) is 0 Å². The van der Waals surface area contributed by atoms with Gasteiger partial charge in [-0.2, -0.15) is 0 Å². The third-order valence-corrected chi connectivity index (χ3v) is 11.0. The van der Waals surface area contributed by atoms with Crippen LogP contribution in [0.5, 0.6) is 0 Å². The number of hydrogen-bond donors (Lipinski definition) is 1. The maximum absolute atomic E-state index is 11.6. The van der Waals surface area contributed by atoms with E-state index in [9.17, 15) is 5.02 Å². The van der Waals surface area contributed by atoms with E-state index in [1.54, 1.807) is 23.5 Å². The third kappa shape index (κ3) is 4.50. The Kier molecular flexibility index (Phi) is 6.38. The normalized spacial score (nSPS) is 12.5. The first-order chi connectivity index (χ1) is 22.2. The zero-order valence-corrected chi connectivity index (χ0v) is 25.9. The molecule has 0 amide bonds. The van der Waals surface area contributed by atoms with Crippen LogP contribution in [0.25, 0.3) is 49.4 Å². The zero-order chi connectivity index (χ0) is 29.9. The summed E-state index contributed by atoms with van der Waals surface area (Å²) < 4.78 is 2.38. The molecule has 1 aliphatic rings. The molecule has 0 saturated heterocycles. The van der Waals surface area contributed by atoms with E-state index in [-0.39, 0.29) is 0 Å². The summed E-state index contributed by atoms with van der Waals surface area (Å²) in [5.74, 6) is 0. The molecule has 0 radical (unpaired) electrons. The highest BCUT2D eigenvalue weighted by molar-refractivity contribution is 8.01. The van der Waals surface area contributed by atoms with Crippen LogP contribution in [-0.4, -0.2) is 16.5 Å². The summed E-state index contributed by atoms with van der Waals surface area (Å²) >= 11 is 3.47. The average molecular weight is 612 g/mol. The van der Waals surface area contributed by atoms with Crippen molar-refractivity contribution in [3.05, 3.63) is 152 Å². The van der Waals surface area contributed by atoms with E-state index >= 15 is 0 Å². The van der Waals surface area contributed by atoms with E-state index in [1.807, 2.05) is 24.3 Å². The number of para-hydroxylation sites is 1. The molecule has 45 heavy (non-hydrogen) atoms. The van der Waals surface area contributed by atoms with Crippen LogP contribution < -0.4 is 10.9 Å². The maximum Gasteiger partial charge on any atom is 0.362 e. The van der Waals surface area contributed by atoms with Gasteiger partial charge in [0.15, 0.2) is 0 Å². The van der Waals surface area contributed by atoms with Gasteiger partial charge in [0.05, 0.1) is 11.0 Å². The van der Waals surface area contributed by atoms with Crippen molar-refractivity contribution in [3.63, 3.8) is 0 Å². The lowest BCUT2D eigenvalue weighted by molar-refractivity contribution is 0.597. The van der Waals surface area contributed by atoms with Crippen LogP contribution >= 0.6 is 23.5 Å². The average Bonchev–Trinajstić information content (AvgIpc) is 3.42. The molecule has 1 aromatic heterocycles. The standard InChI is InChI=1S/C40H26BNOS2/c43-41-34-15-7-9-17-37(34)45-39-25-29(24-38(40(39)41)44-31-12-2-1-3-13-31)28-19-21-36-33(23-28)32-14-6-8-16-35(32)42(36)30-20-18-26-10-4-5-11-27(26)22-30/h1-25,43H. The fourth-order valence-electron chi connectivity index (χ4n) is 6.64. The Bertz CT molecular complexity index is 2420. The summed E-state index contributed by atoms with van der Waals surface area (Å²) in [6.07, 6.45) is 0. The second-order valence-corrected chi connectivity index (χ2v) is 13.7. The van der Waals surface area contributed by atoms with Gasteiger partial charge in [-0.3, -0.25) is 0 Å². The molecular weight excluding hydrogens is 585 g/mol. The predicted molar refractivity (Wildman–Crippen MR) is 192 cm³/mol. The van der Waals surface area contributed by atoms with E-state index in [1.165, 1.54) is 32.6 Å². The highest BCUT2D eigenvalue weighted by Crippen LogP contribution is 2.40. The van der Waals surface area contributed by atoms with Gasteiger partial charge in [-0.1, -0.05) is 115 Å². The molecule has 2 nitrogen and oxygen atoms in total. The van der Waals surface area contributed by atoms with Gasteiger partial charge >= 0.3 is 6.92 Å². The summed E-state index contributed by atoms with van der Waals surface area (Å²) in [4.78, 5) is 4.46. The molecule has 0 aliphatic carbocycles. The molecule has 0 unspecified atom stereocenters. The number of rotatable bonds is 4. The van der Waals surface area contributed by atoms with Gasteiger partial charge in [-0.25, -0.2) is 0 Å². The van der Waals surface area contributed by atoms with Crippen LogP contribution in [0.2, 0.25) is 0 Å². The minimum atomic E-state index is -0.667. The lowest BCUT2D eigenvalue weighted by Gasteiger charge is -2.25. The first-order valence-electron chi connectivity index (χ1n) is 15.1. The summed E-state index contributed by atoms with van der Waals surface area (Å²) in [6.45, 7) is -0.667. The van der Waals surface area contributed by atoms with E-state index < -0.39 is 6.92 Å². The second-order valence-electron chi connectivity index (χ2n) is 11.5. The Labute approximate surface area is 270 Å². The van der Waals surface area contributed by atoms with Gasteiger partial charge in [0.2, 0.25) is 0 Å². The van der Waals surface area contributed by atoms with Crippen molar-refractivity contribution in [2.75, 3.05) is 0 Å². The number of aromatic nitrogens is 1.